The molecule has 1 unspecified atom stereocenters. The summed E-state index contributed by atoms with van der Waals surface area (Å²) in [5, 5.41) is 11.2. The lowest BCUT2D eigenvalue weighted by Gasteiger charge is -2.19. The van der Waals surface area contributed by atoms with Crippen LogP contribution in [0.15, 0.2) is 65.1 Å². The van der Waals surface area contributed by atoms with Crippen molar-refractivity contribution in [3.8, 4) is 0 Å². The van der Waals surface area contributed by atoms with Crippen molar-refractivity contribution in [3.63, 3.8) is 0 Å². The zero-order valence-electron chi connectivity index (χ0n) is 12.3. The Morgan fingerprint density at radius 3 is 2.55 bits per heavy atom. The van der Waals surface area contributed by atoms with Crippen LogP contribution in [0.3, 0.4) is 0 Å². The Balaban J connectivity index is 1.73. The molecular formula is C18H17NO3. The first-order valence-corrected chi connectivity index (χ1v) is 7.10. The summed E-state index contributed by atoms with van der Waals surface area (Å²) in [4.78, 5) is 13.8. The van der Waals surface area contributed by atoms with Gasteiger partial charge in [-0.3, -0.25) is 4.79 Å². The van der Waals surface area contributed by atoms with E-state index in [0.717, 1.165) is 11.0 Å². The van der Waals surface area contributed by atoms with Gasteiger partial charge < -0.3 is 14.4 Å². The number of furan rings is 1. The number of rotatable bonds is 4. The molecule has 22 heavy (non-hydrogen) atoms. The van der Waals surface area contributed by atoms with Crippen LogP contribution in [0.4, 0.5) is 0 Å². The summed E-state index contributed by atoms with van der Waals surface area (Å²) in [6.07, 6.45) is -1.16. The Morgan fingerprint density at radius 2 is 1.82 bits per heavy atom. The van der Waals surface area contributed by atoms with Crippen molar-refractivity contribution in [2.24, 2.45) is 0 Å². The summed E-state index contributed by atoms with van der Waals surface area (Å²) in [6.45, 7) is 0.317. The summed E-state index contributed by atoms with van der Waals surface area (Å²) >= 11 is 0. The third kappa shape index (κ3) is 2.87. The lowest BCUT2D eigenvalue weighted by atomic mass is 10.1. The number of carbonyl (C=O) groups excluding carboxylic acids is 1. The SMILES string of the molecule is CN(Cc1cc2ccccc2o1)C(=O)C(O)c1ccccc1. The third-order valence-electron chi connectivity index (χ3n) is 3.60. The molecule has 1 amide bonds. The Hall–Kier alpha value is -2.59. The average molecular weight is 295 g/mol. The number of carbonyl (C=O) groups is 1. The molecule has 1 N–H and O–H groups in total. The highest BCUT2D eigenvalue weighted by molar-refractivity contribution is 5.82. The number of hydrogen-bond donors (Lipinski definition) is 1. The molecule has 0 bridgehead atoms. The minimum Gasteiger partial charge on any atom is -0.459 e. The molecule has 4 nitrogen and oxygen atoms in total. The highest BCUT2D eigenvalue weighted by Crippen LogP contribution is 2.21. The Kier molecular flexibility index (Phi) is 3.94. The van der Waals surface area contributed by atoms with Crippen molar-refractivity contribution in [2.75, 3.05) is 7.05 Å². The summed E-state index contributed by atoms with van der Waals surface area (Å²) < 4.78 is 5.70. The quantitative estimate of drug-likeness (QED) is 0.804. The van der Waals surface area contributed by atoms with Gasteiger partial charge in [-0.25, -0.2) is 0 Å². The second kappa shape index (κ2) is 6.03. The molecule has 1 heterocycles. The number of fused-ring (bicyclic) bond motifs is 1. The van der Waals surface area contributed by atoms with E-state index in [1.165, 1.54) is 4.90 Å². The van der Waals surface area contributed by atoms with Gasteiger partial charge in [-0.2, -0.15) is 0 Å². The van der Waals surface area contributed by atoms with E-state index < -0.39 is 6.10 Å². The molecule has 3 rings (SSSR count). The lowest BCUT2D eigenvalue weighted by Crippen LogP contribution is -2.31. The molecule has 0 saturated heterocycles. The van der Waals surface area contributed by atoms with Crippen LogP contribution in [-0.4, -0.2) is 23.0 Å². The van der Waals surface area contributed by atoms with Gasteiger partial charge in [-0.15, -0.1) is 0 Å². The van der Waals surface area contributed by atoms with Gasteiger partial charge in [0.15, 0.2) is 6.10 Å². The van der Waals surface area contributed by atoms with Gasteiger partial charge in [-0.05, 0) is 17.7 Å². The molecule has 0 aliphatic carbocycles. The number of nitrogens with zero attached hydrogens (tertiary/aromatic N) is 1. The van der Waals surface area contributed by atoms with Crippen molar-refractivity contribution in [1.29, 1.82) is 0 Å². The highest BCUT2D eigenvalue weighted by atomic mass is 16.3. The van der Waals surface area contributed by atoms with Crippen molar-refractivity contribution in [2.45, 2.75) is 12.6 Å². The number of aliphatic hydroxyl groups excluding tert-OH is 1. The Bertz CT molecular complexity index is 746. The van der Waals surface area contributed by atoms with Crippen LogP contribution in [0.5, 0.6) is 0 Å². The molecular weight excluding hydrogens is 278 g/mol. The summed E-state index contributed by atoms with van der Waals surface area (Å²) in [5.41, 5.74) is 1.38. The summed E-state index contributed by atoms with van der Waals surface area (Å²) in [7, 11) is 1.65. The van der Waals surface area contributed by atoms with Crippen LogP contribution in [0.25, 0.3) is 11.0 Å². The number of para-hydroxylation sites is 1. The first kappa shape index (κ1) is 14.4. The maximum absolute atomic E-state index is 12.3. The molecule has 2 aromatic carbocycles. The maximum atomic E-state index is 12.3. The predicted molar refractivity (Wildman–Crippen MR) is 84.1 cm³/mol. The van der Waals surface area contributed by atoms with E-state index in [1.54, 1.807) is 31.3 Å². The fourth-order valence-electron chi connectivity index (χ4n) is 2.41. The zero-order chi connectivity index (χ0) is 15.5. The second-order valence-electron chi connectivity index (χ2n) is 5.26. The van der Waals surface area contributed by atoms with E-state index in [4.69, 9.17) is 4.42 Å². The fraction of sp³-hybridized carbons (Fsp3) is 0.167. The van der Waals surface area contributed by atoms with Gasteiger partial charge in [0.1, 0.15) is 11.3 Å². The first-order valence-electron chi connectivity index (χ1n) is 7.10. The second-order valence-corrected chi connectivity index (χ2v) is 5.26. The standard InChI is InChI=1S/C18H17NO3/c1-19(18(21)17(20)13-7-3-2-4-8-13)12-15-11-14-9-5-6-10-16(14)22-15/h2-11,17,20H,12H2,1H3. The van der Waals surface area contributed by atoms with Gasteiger partial charge in [0, 0.05) is 12.4 Å². The average Bonchev–Trinajstić information content (AvgIpc) is 2.96. The van der Waals surface area contributed by atoms with Gasteiger partial charge in [-0.1, -0.05) is 48.5 Å². The predicted octanol–water partition coefficient (Wildman–Crippen LogP) is 3.12. The number of benzene rings is 2. The molecule has 0 radical (unpaired) electrons. The Morgan fingerprint density at radius 1 is 1.14 bits per heavy atom. The van der Waals surface area contributed by atoms with Crippen LogP contribution in [0.2, 0.25) is 0 Å². The van der Waals surface area contributed by atoms with Crippen LogP contribution < -0.4 is 0 Å². The van der Waals surface area contributed by atoms with Crippen LogP contribution in [-0.2, 0) is 11.3 Å². The largest absolute Gasteiger partial charge is 0.459 e. The zero-order valence-corrected chi connectivity index (χ0v) is 12.3. The van der Waals surface area contributed by atoms with E-state index in [9.17, 15) is 9.90 Å². The van der Waals surface area contributed by atoms with E-state index in [1.807, 2.05) is 36.4 Å². The maximum Gasteiger partial charge on any atom is 0.256 e. The molecule has 3 aromatic rings. The molecule has 0 aliphatic rings. The van der Waals surface area contributed by atoms with E-state index >= 15 is 0 Å². The lowest BCUT2D eigenvalue weighted by molar-refractivity contribution is -0.139. The van der Waals surface area contributed by atoms with Crippen molar-refractivity contribution in [3.05, 3.63) is 72.0 Å². The molecule has 1 atom stereocenters. The topological polar surface area (TPSA) is 53.7 Å². The fourth-order valence-corrected chi connectivity index (χ4v) is 2.41. The van der Waals surface area contributed by atoms with E-state index in [2.05, 4.69) is 0 Å². The van der Waals surface area contributed by atoms with Crippen molar-refractivity contribution in [1.82, 2.24) is 4.90 Å². The summed E-state index contributed by atoms with van der Waals surface area (Å²) in [5.74, 6) is 0.337. The Labute approximate surface area is 128 Å². The van der Waals surface area contributed by atoms with E-state index in [-0.39, 0.29) is 5.91 Å². The van der Waals surface area contributed by atoms with Gasteiger partial charge in [0.25, 0.3) is 5.91 Å². The molecule has 0 spiro atoms. The third-order valence-corrected chi connectivity index (χ3v) is 3.60. The van der Waals surface area contributed by atoms with E-state index in [0.29, 0.717) is 17.9 Å². The molecule has 0 fully saturated rings. The van der Waals surface area contributed by atoms with Crippen molar-refractivity contribution < 1.29 is 14.3 Å². The van der Waals surface area contributed by atoms with Gasteiger partial charge >= 0.3 is 0 Å². The van der Waals surface area contributed by atoms with Gasteiger partial charge in [0.2, 0.25) is 0 Å². The smallest absolute Gasteiger partial charge is 0.256 e. The first-order chi connectivity index (χ1) is 10.6. The highest BCUT2D eigenvalue weighted by Gasteiger charge is 2.22. The van der Waals surface area contributed by atoms with Crippen LogP contribution in [0, 0.1) is 0 Å². The normalized spacial score (nSPS) is 12.3. The van der Waals surface area contributed by atoms with Crippen LogP contribution >= 0.6 is 0 Å². The van der Waals surface area contributed by atoms with Gasteiger partial charge in [0.05, 0.1) is 6.54 Å². The molecule has 0 aliphatic heterocycles. The van der Waals surface area contributed by atoms with Crippen molar-refractivity contribution >= 4 is 16.9 Å². The summed E-state index contributed by atoms with van der Waals surface area (Å²) in [6, 6.07) is 18.5. The van der Waals surface area contributed by atoms with Crippen LogP contribution in [0.1, 0.15) is 17.4 Å². The monoisotopic (exact) mass is 295 g/mol. The number of aliphatic hydroxyl groups is 1. The number of hydrogen-bond acceptors (Lipinski definition) is 3. The molecule has 0 saturated carbocycles. The molecule has 1 aromatic heterocycles. The molecule has 4 heteroatoms. The number of amides is 1. The minimum absolute atomic E-state index is 0.317. The molecule has 112 valence electrons. The minimum atomic E-state index is -1.16. The number of likely N-dealkylation sites (N-methyl/N-ethyl adjacent to an activating group) is 1.